The number of fused-ring (bicyclic) bond motifs is 1. The molecule has 0 spiro atoms. The van der Waals surface area contributed by atoms with Gasteiger partial charge in [-0.25, -0.2) is 13.5 Å². The van der Waals surface area contributed by atoms with Crippen LogP contribution in [0.1, 0.15) is 74.3 Å². The summed E-state index contributed by atoms with van der Waals surface area (Å²) in [5.41, 5.74) is 3.18. The summed E-state index contributed by atoms with van der Waals surface area (Å²) in [5.74, 6) is 5.77. The van der Waals surface area contributed by atoms with Gasteiger partial charge >= 0.3 is 0 Å². The molecular formula is C30H40N4O4S. The fourth-order valence-electron chi connectivity index (χ4n) is 4.94. The van der Waals surface area contributed by atoms with Crippen LogP contribution in [0, 0.1) is 11.8 Å². The van der Waals surface area contributed by atoms with Gasteiger partial charge in [0, 0.05) is 56.0 Å². The Morgan fingerprint density at radius 2 is 1.82 bits per heavy atom. The zero-order chi connectivity index (χ0) is 28.5. The highest BCUT2D eigenvalue weighted by atomic mass is 32.2. The van der Waals surface area contributed by atoms with E-state index in [-0.39, 0.29) is 18.6 Å². The number of hydrogen-bond donors (Lipinski definition) is 2. The van der Waals surface area contributed by atoms with E-state index in [9.17, 15) is 19.2 Å². The van der Waals surface area contributed by atoms with Gasteiger partial charge in [-0.2, -0.15) is 0 Å². The quantitative estimate of drug-likeness (QED) is 0.554. The Balaban J connectivity index is 1.86. The van der Waals surface area contributed by atoms with Crippen LogP contribution in [0.2, 0.25) is 0 Å². The summed E-state index contributed by atoms with van der Waals surface area (Å²) >= 11 is 0. The largest absolute Gasteiger partial charge is 0.396 e. The summed E-state index contributed by atoms with van der Waals surface area (Å²) < 4.78 is 15.0. The van der Waals surface area contributed by atoms with E-state index in [1.165, 1.54) is 0 Å². The van der Waals surface area contributed by atoms with Gasteiger partial charge in [-0.3, -0.25) is 4.79 Å². The lowest BCUT2D eigenvalue weighted by atomic mass is 9.95. The number of pyridine rings is 1. The molecule has 1 aromatic carbocycles. The van der Waals surface area contributed by atoms with E-state index in [0.717, 1.165) is 29.8 Å². The van der Waals surface area contributed by atoms with Gasteiger partial charge < -0.3 is 20.0 Å². The molecule has 210 valence electrons. The third-order valence-electron chi connectivity index (χ3n) is 6.95. The number of carbonyl (C=O) groups is 1. The molecule has 1 aromatic heterocycles. The first-order chi connectivity index (χ1) is 18.3. The van der Waals surface area contributed by atoms with E-state index in [2.05, 4.69) is 16.7 Å². The molecule has 0 bridgehead atoms. The summed E-state index contributed by atoms with van der Waals surface area (Å²) in [6.07, 6.45) is 0.396. The predicted molar refractivity (Wildman–Crippen MR) is 154 cm³/mol. The highest BCUT2D eigenvalue weighted by Crippen LogP contribution is 2.44. The van der Waals surface area contributed by atoms with Crippen molar-refractivity contribution in [1.82, 2.24) is 19.1 Å². The van der Waals surface area contributed by atoms with Crippen molar-refractivity contribution < 1.29 is 19.2 Å². The number of hydrogen-bond acceptors (Lipinski definition) is 6. The van der Waals surface area contributed by atoms with E-state index < -0.39 is 21.3 Å². The molecule has 0 aliphatic carbocycles. The van der Waals surface area contributed by atoms with Crippen molar-refractivity contribution in [3.05, 3.63) is 52.7 Å². The van der Waals surface area contributed by atoms with Gasteiger partial charge in [0.25, 0.3) is 5.91 Å². The minimum Gasteiger partial charge on any atom is -0.396 e. The number of rotatable bonds is 5. The summed E-state index contributed by atoms with van der Waals surface area (Å²) in [6, 6.07) is 9.13. The minimum atomic E-state index is -1.33. The van der Waals surface area contributed by atoms with Gasteiger partial charge in [-0.1, -0.05) is 24.0 Å². The average molecular weight is 553 g/mol. The first kappa shape index (κ1) is 29.4. The number of aliphatic hydroxyl groups is 2. The number of amides is 1. The molecule has 2 N–H and O–H groups in total. The first-order valence-corrected chi connectivity index (χ1v) is 14.6. The van der Waals surface area contributed by atoms with Crippen molar-refractivity contribution >= 4 is 16.9 Å². The Morgan fingerprint density at radius 1 is 1.13 bits per heavy atom. The Labute approximate surface area is 234 Å². The van der Waals surface area contributed by atoms with Crippen LogP contribution in [0.15, 0.2) is 30.3 Å². The molecule has 0 unspecified atom stereocenters. The van der Waals surface area contributed by atoms with E-state index in [4.69, 9.17) is 4.98 Å². The van der Waals surface area contributed by atoms with Crippen molar-refractivity contribution in [2.75, 3.05) is 39.8 Å². The van der Waals surface area contributed by atoms with Crippen LogP contribution >= 0.6 is 0 Å². The molecule has 1 amide bonds. The second-order valence-electron chi connectivity index (χ2n) is 11.9. The number of piperazine rings is 1. The lowest BCUT2D eigenvalue weighted by Gasteiger charge is -2.32. The lowest BCUT2D eigenvalue weighted by molar-refractivity contribution is 0.0658. The molecule has 8 nitrogen and oxygen atoms in total. The van der Waals surface area contributed by atoms with Crippen LogP contribution in [0.3, 0.4) is 0 Å². The maximum atomic E-state index is 13.6. The van der Waals surface area contributed by atoms with Crippen LogP contribution in [0.4, 0.5) is 0 Å². The highest BCUT2D eigenvalue weighted by Gasteiger charge is 2.40. The lowest BCUT2D eigenvalue weighted by Crippen LogP contribution is -2.47. The normalized spacial score (nSPS) is 19.4. The number of benzene rings is 1. The SMILES string of the molecule is CN1CCN(C(=O)c2cc3c(c(-c4cccc(C#CC(C)(C)O)c4)n2)[C@@H](CCO)N([S@](=O)C(C)(C)C)C3)CC1. The topological polar surface area (TPSA) is 97.2 Å². The molecule has 2 aliphatic heterocycles. The molecule has 3 heterocycles. The monoisotopic (exact) mass is 552 g/mol. The molecule has 1 fully saturated rings. The fraction of sp³-hybridized carbons (Fsp3) is 0.533. The molecule has 9 heteroatoms. The Bertz CT molecular complexity index is 1310. The first-order valence-electron chi connectivity index (χ1n) is 13.5. The van der Waals surface area contributed by atoms with E-state index >= 15 is 0 Å². The standard InChI is InChI=1S/C30H40N4O4S/c1-29(2,3)39(38)34-20-23-19-24(28(36)33-15-13-32(6)14-16-33)31-27(26(23)25(34)11-17-35)22-9-7-8-21(18-22)10-12-30(4,5)37/h7-9,18-19,25,35,37H,11,13-17,20H2,1-6H3/t25-,39-/m1/s1. The zero-order valence-electron chi connectivity index (χ0n) is 23.8. The number of carbonyl (C=O) groups excluding carboxylic acids is 1. The molecular weight excluding hydrogens is 512 g/mol. The molecule has 1 saturated heterocycles. The van der Waals surface area contributed by atoms with E-state index in [1.54, 1.807) is 13.8 Å². The highest BCUT2D eigenvalue weighted by molar-refractivity contribution is 7.84. The summed E-state index contributed by atoms with van der Waals surface area (Å²) in [5, 5.41) is 20.1. The molecule has 2 aliphatic rings. The maximum Gasteiger partial charge on any atom is 0.272 e. The number of nitrogens with zero attached hydrogens (tertiary/aromatic N) is 4. The number of likely N-dealkylation sites (N-methyl/N-ethyl adjacent to an activating group) is 1. The van der Waals surface area contributed by atoms with Crippen molar-refractivity contribution in [3.63, 3.8) is 0 Å². The average Bonchev–Trinajstić information content (AvgIpc) is 3.24. The van der Waals surface area contributed by atoms with Gasteiger partial charge in [-0.15, -0.1) is 0 Å². The maximum absolute atomic E-state index is 13.6. The molecule has 39 heavy (non-hydrogen) atoms. The molecule has 0 radical (unpaired) electrons. The zero-order valence-corrected chi connectivity index (χ0v) is 24.6. The Kier molecular flexibility index (Phi) is 8.64. The molecule has 4 rings (SSSR count). The van der Waals surface area contributed by atoms with Gasteiger partial charge in [0.1, 0.15) is 22.3 Å². The number of aromatic nitrogens is 1. The third-order valence-corrected chi connectivity index (χ3v) is 8.81. The third kappa shape index (κ3) is 6.76. The Hall–Kier alpha value is -2.61. The minimum absolute atomic E-state index is 0.0690. The second kappa shape index (κ2) is 11.5. The molecule has 2 aromatic rings. The van der Waals surface area contributed by atoms with Crippen LogP contribution in [-0.4, -0.2) is 89.6 Å². The molecule has 0 saturated carbocycles. The van der Waals surface area contributed by atoms with Gasteiger partial charge in [-0.05, 0) is 71.8 Å². The van der Waals surface area contributed by atoms with Crippen molar-refractivity contribution in [1.29, 1.82) is 0 Å². The summed E-state index contributed by atoms with van der Waals surface area (Å²) in [7, 11) is 0.713. The summed E-state index contributed by atoms with van der Waals surface area (Å²) in [4.78, 5) is 22.6. The van der Waals surface area contributed by atoms with Crippen molar-refractivity contribution in [2.24, 2.45) is 0 Å². The predicted octanol–water partition coefficient (Wildman–Crippen LogP) is 2.96. The van der Waals surface area contributed by atoms with Crippen LogP contribution in [0.5, 0.6) is 0 Å². The summed E-state index contributed by atoms with van der Waals surface area (Å²) in [6.45, 7) is 12.3. The smallest absolute Gasteiger partial charge is 0.272 e. The van der Waals surface area contributed by atoms with E-state index in [1.807, 2.05) is 67.4 Å². The van der Waals surface area contributed by atoms with Crippen LogP contribution in [0.25, 0.3) is 11.3 Å². The number of aliphatic hydroxyl groups excluding tert-OH is 1. The van der Waals surface area contributed by atoms with Crippen molar-refractivity contribution in [2.45, 2.75) is 64.0 Å². The van der Waals surface area contributed by atoms with Gasteiger partial charge in [0.2, 0.25) is 0 Å². The van der Waals surface area contributed by atoms with Crippen molar-refractivity contribution in [3.8, 4) is 23.1 Å². The van der Waals surface area contributed by atoms with E-state index in [0.29, 0.717) is 43.0 Å². The fourth-order valence-corrected chi connectivity index (χ4v) is 6.34. The van der Waals surface area contributed by atoms with Crippen LogP contribution in [-0.2, 0) is 17.5 Å². The Morgan fingerprint density at radius 3 is 2.44 bits per heavy atom. The second-order valence-corrected chi connectivity index (χ2v) is 14.1. The van der Waals surface area contributed by atoms with Gasteiger partial charge in [0.05, 0.1) is 16.5 Å². The molecule has 2 atom stereocenters. The van der Waals surface area contributed by atoms with Crippen LogP contribution < -0.4 is 0 Å². The van der Waals surface area contributed by atoms with Gasteiger partial charge in [0.15, 0.2) is 0 Å².